The SMILES string of the molecule is O=C(OCC(=O)N(c1ccccc1)C1C=CS(=O)(=O)C1)c1sccc1-n1cccc1. The molecule has 0 spiro atoms. The van der Waals surface area contributed by atoms with Crippen LogP contribution in [0.1, 0.15) is 9.67 Å². The Morgan fingerprint density at radius 1 is 1.10 bits per heavy atom. The molecule has 3 aromatic rings. The van der Waals surface area contributed by atoms with Crippen molar-refractivity contribution >= 4 is 38.7 Å². The van der Waals surface area contributed by atoms with Gasteiger partial charge in [-0.2, -0.15) is 0 Å². The topological polar surface area (TPSA) is 85.7 Å². The van der Waals surface area contributed by atoms with Crippen molar-refractivity contribution in [1.29, 1.82) is 0 Å². The molecule has 9 heteroatoms. The van der Waals surface area contributed by atoms with Gasteiger partial charge in [-0.3, -0.25) is 4.79 Å². The zero-order chi connectivity index (χ0) is 21.1. The summed E-state index contributed by atoms with van der Waals surface area (Å²) in [6.45, 7) is -0.499. The summed E-state index contributed by atoms with van der Waals surface area (Å²) in [6.07, 6.45) is 5.10. The number of hydrogen-bond acceptors (Lipinski definition) is 6. The number of sulfone groups is 1. The van der Waals surface area contributed by atoms with E-state index in [0.717, 1.165) is 5.41 Å². The molecule has 2 aromatic heterocycles. The summed E-state index contributed by atoms with van der Waals surface area (Å²) in [4.78, 5) is 27.3. The molecule has 3 heterocycles. The van der Waals surface area contributed by atoms with E-state index < -0.39 is 34.4 Å². The highest BCUT2D eigenvalue weighted by atomic mass is 32.2. The number of hydrogen-bond donors (Lipinski definition) is 0. The predicted octanol–water partition coefficient (Wildman–Crippen LogP) is 3.04. The average Bonchev–Trinajstić information content (AvgIpc) is 3.47. The molecule has 0 aliphatic carbocycles. The number of carbonyl (C=O) groups is 2. The van der Waals surface area contributed by atoms with E-state index in [2.05, 4.69) is 0 Å². The van der Waals surface area contributed by atoms with Gasteiger partial charge in [0.15, 0.2) is 16.4 Å². The smallest absolute Gasteiger partial charge is 0.350 e. The molecule has 4 rings (SSSR count). The molecule has 0 fully saturated rings. The predicted molar refractivity (Wildman–Crippen MR) is 115 cm³/mol. The summed E-state index contributed by atoms with van der Waals surface area (Å²) in [5, 5.41) is 2.89. The number of ether oxygens (including phenoxy) is 1. The van der Waals surface area contributed by atoms with Crippen molar-refractivity contribution in [3.63, 3.8) is 0 Å². The first kappa shape index (κ1) is 20.1. The molecule has 0 saturated heterocycles. The Balaban J connectivity index is 1.51. The van der Waals surface area contributed by atoms with Gasteiger partial charge in [0.25, 0.3) is 5.91 Å². The highest BCUT2D eigenvalue weighted by molar-refractivity contribution is 7.94. The van der Waals surface area contributed by atoms with E-state index in [1.165, 1.54) is 22.3 Å². The van der Waals surface area contributed by atoms with E-state index in [0.29, 0.717) is 16.3 Å². The van der Waals surface area contributed by atoms with Gasteiger partial charge in [-0.1, -0.05) is 18.2 Å². The number of thiophene rings is 1. The summed E-state index contributed by atoms with van der Waals surface area (Å²) >= 11 is 1.23. The van der Waals surface area contributed by atoms with E-state index in [-0.39, 0.29) is 5.75 Å². The summed E-state index contributed by atoms with van der Waals surface area (Å²) in [7, 11) is -3.36. The van der Waals surface area contributed by atoms with E-state index in [9.17, 15) is 18.0 Å². The third kappa shape index (κ3) is 4.22. The second kappa shape index (κ2) is 8.29. The number of esters is 1. The molecule has 1 atom stereocenters. The van der Waals surface area contributed by atoms with Crippen LogP contribution in [-0.2, 0) is 19.4 Å². The standard InChI is InChI=1S/C21H18N2O5S2/c24-19(14-28-21(25)20-18(8-12-29-20)22-10-4-5-11-22)23(16-6-2-1-3-7-16)17-9-13-30(26,27)15-17/h1-13,17H,14-15H2. The minimum Gasteiger partial charge on any atom is -0.451 e. The van der Waals surface area contributed by atoms with Crippen molar-refractivity contribution in [3.05, 3.63) is 82.7 Å². The minimum atomic E-state index is -3.36. The molecule has 0 saturated carbocycles. The number of rotatable bonds is 6. The molecule has 1 aromatic carbocycles. The number of amides is 1. The van der Waals surface area contributed by atoms with Crippen molar-refractivity contribution in [2.24, 2.45) is 0 Å². The maximum atomic E-state index is 12.9. The molecule has 0 bridgehead atoms. The number of aromatic nitrogens is 1. The van der Waals surface area contributed by atoms with Gasteiger partial charge in [0.2, 0.25) is 0 Å². The minimum absolute atomic E-state index is 0.204. The lowest BCUT2D eigenvalue weighted by molar-refractivity contribution is -0.121. The van der Waals surface area contributed by atoms with Crippen molar-refractivity contribution < 1.29 is 22.7 Å². The lowest BCUT2D eigenvalue weighted by atomic mass is 10.2. The second-order valence-corrected chi connectivity index (χ2v) is 9.47. The Morgan fingerprint density at radius 2 is 1.83 bits per heavy atom. The van der Waals surface area contributed by atoms with Crippen LogP contribution in [0.5, 0.6) is 0 Å². The number of nitrogens with zero attached hydrogens (tertiary/aromatic N) is 2. The Hall–Kier alpha value is -3.17. The zero-order valence-corrected chi connectivity index (χ0v) is 17.4. The first-order valence-corrected chi connectivity index (χ1v) is 11.7. The van der Waals surface area contributed by atoms with Crippen molar-refractivity contribution in [2.45, 2.75) is 6.04 Å². The Bertz CT molecular complexity index is 1180. The lowest BCUT2D eigenvalue weighted by Crippen LogP contribution is -2.43. The number of para-hydroxylation sites is 1. The fourth-order valence-electron chi connectivity index (χ4n) is 3.25. The van der Waals surface area contributed by atoms with Gasteiger partial charge in [-0.15, -0.1) is 11.3 Å². The highest BCUT2D eigenvalue weighted by Gasteiger charge is 2.32. The molecule has 7 nitrogen and oxygen atoms in total. The molecule has 0 radical (unpaired) electrons. The largest absolute Gasteiger partial charge is 0.451 e. The quantitative estimate of drug-likeness (QED) is 0.548. The third-order valence-corrected chi connectivity index (χ3v) is 6.85. The molecule has 0 N–H and O–H groups in total. The van der Waals surface area contributed by atoms with Crippen LogP contribution in [0, 0.1) is 0 Å². The van der Waals surface area contributed by atoms with E-state index >= 15 is 0 Å². The zero-order valence-electron chi connectivity index (χ0n) is 15.7. The lowest BCUT2D eigenvalue weighted by Gasteiger charge is -2.27. The molecular formula is C21H18N2O5S2. The van der Waals surface area contributed by atoms with Gasteiger partial charge >= 0.3 is 5.97 Å². The monoisotopic (exact) mass is 442 g/mol. The van der Waals surface area contributed by atoms with E-state index in [1.807, 2.05) is 24.5 Å². The molecule has 30 heavy (non-hydrogen) atoms. The van der Waals surface area contributed by atoms with Gasteiger partial charge in [0, 0.05) is 23.5 Å². The number of benzene rings is 1. The average molecular weight is 443 g/mol. The molecular weight excluding hydrogens is 424 g/mol. The second-order valence-electron chi connectivity index (χ2n) is 6.63. The first-order valence-electron chi connectivity index (χ1n) is 9.11. The molecule has 1 aliphatic rings. The Kier molecular flexibility index (Phi) is 5.56. The fraction of sp³-hybridized carbons (Fsp3) is 0.143. The summed E-state index contributed by atoms with van der Waals surface area (Å²) in [5.41, 5.74) is 1.21. The van der Waals surface area contributed by atoms with Crippen LogP contribution in [0.3, 0.4) is 0 Å². The van der Waals surface area contributed by atoms with Crippen LogP contribution in [0.4, 0.5) is 5.69 Å². The molecule has 1 aliphatic heterocycles. The van der Waals surface area contributed by atoms with Gasteiger partial charge < -0.3 is 14.2 Å². The van der Waals surface area contributed by atoms with E-state index in [4.69, 9.17) is 4.74 Å². The molecule has 1 amide bonds. The molecule has 1 unspecified atom stereocenters. The van der Waals surface area contributed by atoms with Gasteiger partial charge in [0.1, 0.15) is 4.88 Å². The maximum absolute atomic E-state index is 12.9. The van der Waals surface area contributed by atoms with Gasteiger partial charge in [0.05, 0.1) is 17.5 Å². The van der Waals surface area contributed by atoms with Crippen LogP contribution < -0.4 is 4.90 Å². The first-order chi connectivity index (χ1) is 14.4. The number of anilines is 1. The van der Waals surface area contributed by atoms with Crippen LogP contribution in [0.2, 0.25) is 0 Å². The summed E-state index contributed by atoms with van der Waals surface area (Å²) < 4.78 is 30.8. The van der Waals surface area contributed by atoms with Crippen molar-refractivity contribution in [3.8, 4) is 5.69 Å². The van der Waals surface area contributed by atoms with E-state index in [1.54, 1.807) is 46.3 Å². The van der Waals surface area contributed by atoms with Crippen LogP contribution in [0.25, 0.3) is 5.69 Å². The van der Waals surface area contributed by atoms with Crippen LogP contribution >= 0.6 is 11.3 Å². The Morgan fingerprint density at radius 3 is 2.50 bits per heavy atom. The van der Waals surface area contributed by atoms with Crippen molar-refractivity contribution in [1.82, 2.24) is 4.57 Å². The number of carbonyl (C=O) groups excluding carboxylic acids is 2. The normalized spacial score (nSPS) is 17.0. The molecule has 154 valence electrons. The van der Waals surface area contributed by atoms with Crippen LogP contribution in [0.15, 0.2) is 77.8 Å². The van der Waals surface area contributed by atoms with Crippen LogP contribution in [-0.4, -0.2) is 43.3 Å². The fourth-order valence-corrected chi connectivity index (χ4v) is 5.30. The maximum Gasteiger partial charge on any atom is 0.350 e. The third-order valence-electron chi connectivity index (χ3n) is 4.59. The Labute approximate surface area is 177 Å². The van der Waals surface area contributed by atoms with Gasteiger partial charge in [-0.25, -0.2) is 13.2 Å². The highest BCUT2D eigenvalue weighted by Crippen LogP contribution is 2.24. The van der Waals surface area contributed by atoms with Crippen molar-refractivity contribution in [2.75, 3.05) is 17.3 Å². The van der Waals surface area contributed by atoms with Gasteiger partial charge in [-0.05, 0) is 41.8 Å². The summed E-state index contributed by atoms with van der Waals surface area (Å²) in [5.74, 6) is -1.31. The summed E-state index contributed by atoms with van der Waals surface area (Å²) in [6, 6.07) is 13.6.